The zero-order valence-corrected chi connectivity index (χ0v) is 12.8. The van der Waals surface area contributed by atoms with Crippen molar-refractivity contribution in [1.82, 2.24) is 0 Å². The Kier molecular flexibility index (Phi) is 7.18. The number of benzene rings is 1. The molecule has 1 aromatic carbocycles. The van der Waals surface area contributed by atoms with Crippen molar-refractivity contribution in [3.05, 3.63) is 34.3 Å². The fourth-order valence-corrected chi connectivity index (χ4v) is 2.15. The molecule has 102 valence electrons. The Hall–Kier alpha value is -0.140. The highest BCUT2D eigenvalue weighted by atomic mass is 79.9. The van der Waals surface area contributed by atoms with Crippen molar-refractivity contribution in [3.63, 3.8) is 0 Å². The number of ether oxygens (including phenoxy) is 2. The van der Waals surface area contributed by atoms with E-state index in [1.54, 1.807) is 0 Å². The molecular weight excluding hydrogens is 344 g/mol. The van der Waals surface area contributed by atoms with Crippen molar-refractivity contribution in [2.24, 2.45) is 0 Å². The van der Waals surface area contributed by atoms with E-state index in [4.69, 9.17) is 20.2 Å². The van der Waals surface area contributed by atoms with Gasteiger partial charge in [0.15, 0.2) is 0 Å². The van der Waals surface area contributed by atoms with Gasteiger partial charge in [0.05, 0.1) is 32.2 Å². The Morgan fingerprint density at radius 3 is 2.56 bits per heavy atom. The molecule has 0 saturated heterocycles. The SMILES string of the molecule is O=S(=O)(Cl)CCOCCOCc1cccc(Br)c1. The van der Waals surface area contributed by atoms with Crippen LogP contribution in [-0.2, 0) is 25.1 Å². The molecule has 0 radical (unpaired) electrons. The largest absolute Gasteiger partial charge is 0.378 e. The van der Waals surface area contributed by atoms with Gasteiger partial charge in [0.2, 0.25) is 9.05 Å². The summed E-state index contributed by atoms with van der Waals surface area (Å²) in [6.07, 6.45) is 0. The minimum absolute atomic E-state index is 0.0894. The highest BCUT2D eigenvalue weighted by Gasteiger charge is 2.03. The van der Waals surface area contributed by atoms with Crippen molar-refractivity contribution in [2.75, 3.05) is 25.6 Å². The molecule has 1 rings (SSSR count). The van der Waals surface area contributed by atoms with Gasteiger partial charge in [-0.25, -0.2) is 8.42 Å². The number of rotatable bonds is 8. The molecule has 0 unspecified atom stereocenters. The maximum absolute atomic E-state index is 10.6. The van der Waals surface area contributed by atoms with Gasteiger partial charge in [-0.2, -0.15) is 0 Å². The molecule has 0 saturated carbocycles. The molecular formula is C11H14BrClO4S. The van der Waals surface area contributed by atoms with Gasteiger partial charge in [-0.1, -0.05) is 28.1 Å². The maximum atomic E-state index is 10.6. The second-order valence-electron chi connectivity index (χ2n) is 3.54. The first-order valence-corrected chi connectivity index (χ1v) is 8.57. The maximum Gasteiger partial charge on any atom is 0.234 e. The first-order valence-electron chi connectivity index (χ1n) is 5.29. The number of hydrogen-bond donors (Lipinski definition) is 0. The topological polar surface area (TPSA) is 52.6 Å². The summed E-state index contributed by atoms with van der Waals surface area (Å²) in [5.41, 5.74) is 1.06. The molecule has 0 aromatic heterocycles. The van der Waals surface area contributed by atoms with Crippen LogP contribution in [0.15, 0.2) is 28.7 Å². The van der Waals surface area contributed by atoms with E-state index in [1.807, 2.05) is 24.3 Å². The summed E-state index contributed by atoms with van der Waals surface area (Å²) >= 11 is 3.37. The molecule has 0 atom stereocenters. The van der Waals surface area contributed by atoms with E-state index in [-0.39, 0.29) is 12.4 Å². The Morgan fingerprint density at radius 1 is 1.17 bits per heavy atom. The van der Waals surface area contributed by atoms with Crippen LogP contribution < -0.4 is 0 Å². The fourth-order valence-electron chi connectivity index (χ4n) is 1.20. The van der Waals surface area contributed by atoms with Crippen LogP contribution in [0.4, 0.5) is 0 Å². The minimum atomic E-state index is -3.46. The summed E-state index contributed by atoms with van der Waals surface area (Å²) in [6.45, 7) is 1.35. The molecule has 0 N–H and O–H groups in total. The third kappa shape index (κ3) is 8.05. The van der Waals surface area contributed by atoms with Crippen LogP contribution in [0.25, 0.3) is 0 Å². The van der Waals surface area contributed by atoms with Gasteiger partial charge in [-0.15, -0.1) is 0 Å². The zero-order valence-electron chi connectivity index (χ0n) is 9.64. The first kappa shape index (κ1) is 15.9. The zero-order chi connectivity index (χ0) is 13.4. The summed E-state index contributed by atoms with van der Waals surface area (Å²) in [5.74, 6) is -0.180. The summed E-state index contributed by atoms with van der Waals surface area (Å²) in [5, 5.41) is 0. The number of hydrogen-bond acceptors (Lipinski definition) is 4. The quantitative estimate of drug-likeness (QED) is 0.530. The first-order chi connectivity index (χ1) is 8.47. The Bertz CT molecular complexity index is 464. The van der Waals surface area contributed by atoms with E-state index < -0.39 is 9.05 Å². The van der Waals surface area contributed by atoms with Crippen LogP contribution in [0.1, 0.15) is 5.56 Å². The summed E-state index contributed by atoms with van der Waals surface area (Å²) in [4.78, 5) is 0. The van der Waals surface area contributed by atoms with Gasteiger partial charge in [-0.05, 0) is 17.7 Å². The summed E-state index contributed by atoms with van der Waals surface area (Å²) in [6, 6.07) is 7.82. The molecule has 0 aliphatic rings. The molecule has 0 aliphatic carbocycles. The van der Waals surface area contributed by atoms with Gasteiger partial charge in [0.1, 0.15) is 0 Å². The smallest absolute Gasteiger partial charge is 0.234 e. The van der Waals surface area contributed by atoms with Crippen molar-refractivity contribution in [1.29, 1.82) is 0 Å². The Labute approximate surface area is 120 Å². The van der Waals surface area contributed by atoms with Gasteiger partial charge in [-0.3, -0.25) is 0 Å². The van der Waals surface area contributed by atoms with Crippen LogP contribution in [-0.4, -0.2) is 34.0 Å². The molecule has 4 nitrogen and oxygen atoms in total. The molecule has 0 fully saturated rings. The van der Waals surface area contributed by atoms with Crippen molar-refractivity contribution < 1.29 is 17.9 Å². The van der Waals surface area contributed by atoms with Crippen LogP contribution in [0.2, 0.25) is 0 Å². The van der Waals surface area contributed by atoms with Gasteiger partial charge in [0.25, 0.3) is 0 Å². The molecule has 7 heteroatoms. The lowest BCUT2D eigenvalue weighted by Crippen LogP contribution is -2.10. The van der Waals surface area contributed by atoms with E-state index in [9.17, 15) is 8.42 Å². The molecule has 1 aromatic rings. The lowest BCUT2D eigenvalue weighted by atomic mass is 10.2. The van der Waals surface area contributed by atoms with E-state index in [1.165, 1.54) is 0 Å². The van der Waals surface area contributed by atoms with Crippen molar-refractivity contribution >= 4 is 35.7 Å². The second-order valence-corrected chi connectivity index (χ2v) is 7.35. The standard InChI is InChI=1S/C11H14BrClO4S/c12-11-3-1-2-10(8-11)9-17-5-4-16-6-7-18(13,14)15/h1-3,8H,4-7,9H2. The molecule has 0 spiro atoms. The Balaban J connectivity index is 2.06. The van der Waals surface area contributed by atoms with Gasteiger partial charge in [0, 0.05) is 15.2 Å². The normalized spacial score (nSPS) is 11.7. The minimum Gasteiger partial charge on any atom is -0.378 e. The average molecular weight is 358 g/mol. The van der Waals surface area contributed by atoms with Gasteiger partial charge >= 0.3 is 0 Å². The second kappa shape index (κ2) is 8.12. The van der Waals surface area contributed by atoms with Crippen LogP contribution >= 0.6 is 26.6 Å². The highest BCUT2D eigenvalue weighted by molar-refractivity contribution is 9.10. The lowest BCUT2D eigenvalue weighted by Gasteiger charge is -2.05. The fraction of sp³-hybridized carbons (Fsp3) is 0.455. The van der Waals surface area contributed by atoms with E-state index in [0.717, 1.165) is 10.0 Å². The lowest BCUT2D eigenvalue weighted by molar-refractivity contribution is 0.0459. The Morgan fingerprint density at radius 2 is 1.89 bits per heavy atom. The summed E-state index contributed by atoms with van der Waals surface area (Å²) < 4.78 is 32.6. The number of halogens is 2. The molecule has 0 aliphatic heterocycles. The average Bonchev–Trinajstić information content (AvgIpc) is 2.26. The monoisotopic (exact) mass is 356 g/mol. The third-order valence-electron chi connectivity index (χ3n) is 2.00. The van der Waals surface area contributed by atoms with Crippen molar-refractivity contribution in [2.45, 2.75) is 6.61 Å². The predicted octanol–water partition coefficient (Wildman–Crippen LogP) is 2.55. The van der Waals surface area contributed by atoms with Crippen LogP contribution in [0.3, 0.4) is 0 Å². The van der Waals surface area contributed by atoms with E-state index >= 15 is 0 Å². The molecule has 0 bridgehead atoms. The van der Waals surface area contributed by atoms with Crippen LogP contribution in [0, 0.1) is 0 Å². The third-order valence-corrected chi connectivity index (χ3v) is 3.61. The predicted molar refractivity (Wildman–Crippen MR) is 74.3 cm³/mol. The van der Waals surface area contributed by atoms with E-state index in [0.29, 0.717) is 19.8 Å². The van der Waals surface area contributed by atoms with Gasteiger partial charge < -0.3 is 9.47 Å². The van der Waals surface area contributed by atoms with Crippen LogP contribution in [0.5, 0.6) is 0 Å². The molecule has 0 amide bonds. The van der Waals surface area contributed by atoms with Crippen molar-refractivity contribution in [3.8, 4) is 0 Å². The molecule has 0 heterocycles. The highest BCUT2D eigenvalue weighted by Crippen LogP contribution is 2.12. The van der Waals surface area contributed by atoms with E-state index in [2.05, 4.69) is 15.9 Å². The summed E-state index contributed by atoms with van der Waals surface area (Å²) in [7, 11) is 1.56. The molecule has 18 heavy (non-hydrogen) atoms.